The number of hydrogen-bond donors (Lipinski definition) is 0. The zero-order chi connectivity index (χ0) is 9.86. The summed E-state index contributed by atoms with van der Waals surface area (Å²) in [5.41, 5.74) is 1.54. The molecule has 0 heteroatoms. The molecule has 0 aromatic heterocycles. The summed E-state index contributed by atoms with van der Waals surface area (Å²) in [5, 5.41) is 0. The predicted molar refractivity (Wildman–Crippen MR) is 62.2 cm³/mol. The molecule has 2 aliphatic rings. The maximum Gasteiger partial charge on any atom is 0.00676 e. The van der Waals surface area contributed by atoms with Crippen molar-refractivity contribution < 1.29 is 0 Å². The monoisotopic (exact) mass is 188 g/mol. The van der Waals surface area contributed by atoms with Gasteiger partial charge in [0.05, 0.1) is 0 Å². The van der Waals surface area contributed by atoms with Crippen LogP contribution in [0.5, 0.6) is 0 Å². The SMILES string of the molecule is C=C1C=CC2(C=C1)CCCCCCC2. The van der Waals surface area contributed by atoms with E-state index in [4.69, 9.17) is 0 Å². The van der Waals surface area contributed by atoms with Crippen LogP contribution in [0.15, 0.2) is 36.5 Å². The second-order valence-electron chi connectivity index (χ2n) is 4.74. The molecule has 2 rings (SSSR count). The lowest BCUT2D eigenvalue weighted by Crippen LogP contribution is -2.18. The van der Waals surface area contributed by atoms with Crippen LogP contribution in [0.4, 0.5) is 0 Å². The Labute approximate surface area is 87.4 Å². The Bertz CT molecular complexity index is 242. The van der Waals surface area contributed by atoms with Gasteiger partial charge in [0.15, 0.2) is 0 Å². The molecule has 2 aliphatic carbocycles. The van der Waals surface area contributed by atoms with Gasteiger partial charge in [-0.1, -0.05) is 63.0 Å². The van der Waals surface area contributed by atoms with Crippen LogP contribution >= 0.6 is 0 Å². The lowest BCUT2D eigenvalue weighted by Gasteiger charge is -2.31. The van der Waals surface area contributed by atoms with Crippen molar-refractivity contribution in [2.75, 3.05) is 0 Å². The van der Waals surface area contributed by atoms with Crippen molar-refractivity contribution in [2.45, 2.75) is 44.9 Å². The van der Waals surface area contributed by atoms with Gasteiger partial charge in [-0.2, -0.15) is 0 Å². The van der Waals surface area contributed by atoms with Crippen LogP contribution in [0.25, 0.3) is 0 Å². The van der Waals surface area contributed by atoms with Crippen molar-refractivity contribution in [3.8, 4) is 0 Å². The Morgan fingerprint density at radius 1 is 0.857 bits per heavy atom. The highest BCUT2D eigenvalue weighted by atomic mass is 14.3. The van der Waals surface area contributed by atoms with Crippen molar-refractivity contribution in [1.29, 1.82) is 0 Å². The van der Waals surface area contributed by atoms with E-state index < -0.39 is 0 Å². The molecule has 0 atom stereocenters. The van der Waals surface area contributed by atoms with Crippen LogP contribution in [0.3, 0.4) is 0 Å². The van der Waals surface area contributed by atoms with Crippen LogP contribution in [-0.2, 0) is 0 Å². The van der Waals surface area contributed by atoms with E-state index in [2.05, 4.69) is 30.9 Å². The van der Waals surface area contributed by atoms with Gasteiger partial charge in [0.2, 0.25) is 0 Å². The molecule has 0 N–H and O–H groups in total. The van der Waals surface area contributed by atoms with Gasteiger partial charge in [0.25, 0.3) is 0 Å². The molecule has 0 saturated heterocycles. The molecule has 1 saturated carbocycles. The first-order valence-electron chi connectivity index (χ1n) is 5.88. The highest BCUT2D eigenvalue weighted by molar-refractivity contribution is 5.36. The molecular formula is C14H20. The zero-order valence-electron chi connectivity index (χ0n) is 8.97. The summed E-state index contributed by atoms with van der Waals surface area (Å²) in [4.78, 5) is 0. The Kier molecular flexibility index (Phi) is 2.90. The van der Waals surface area contributed by atoms with E-state index in [9.17, 15) is 0 Å². The second-order valence-corrected chi connectivity index (χ2v) is 4.74. The first kappa shape index (κ1) is 9.76. The maximum absolute atomic E-state index is 3.96. The third-order valence-corrected chi connectivity index (χ3v) is 3.54. The van der Waals surface area contributed by atoms with Crippen LogP contribution in [-0.4, -0.2) is 0 Å². The number of rotatable bonds is 0. The molecule has 0 aromatic carbocycles. The molecule has 14 heavy (non-hydrogen) atoms. The molecule has 0 bridgehead atoms. The van der Waals surface area contributed by atoms with Gasteiger partial charge in [0.1, 0.15) is 0 Å². The van der Waals surface area contributed by atoms with Gasteiger partial charge in [0, 0.05) is 5.41 Å². The average Bonchev–Trinajstić information content (AvgIpc) is 2.16. The minimum Gasteiger partial charge on any atom is -0.0918 e. The fourth-order valence-corrected chi connectivity index (χ4v) is 2.55. The summed E-state index contributed by atoms with van der Waals surface area (Å²) >= 11 is 0. The van der Waals surface area contributed by atoms with Crippen LogP contribution in [0.1, 0.15) is 44.9 Å². The van der Waals surface area contributed by atoms with E-state index in [1.54, 1.807) is 0 Å². The van der Waals surface area contributed by atoms with Crippen molar-refractivity contribution >= 4 is 0 Å². The minimum atomic E-state index is 0.390. The van der Waals surface area contributed by atoms with E-state index in [1.807, 2.05) is 0 Å². The van der Waals surface area contributed by atoms with Crippen LogP contribution in [0, 0.1) is 5.41 Å². The van der Waals surface area contributed by atoms with Crippen LogP contribution in [0.2, 0.25) is 0 Å². The third kappa shape index (κ3) is 2.17. The molecule has 0 heterocycles. The van der Waals surface area contributed by atoms with Gasteiger partial charge < -0.3 is 0 Å². The van der Waals surface area contributed by atoms with Crippen molar-refractivity contribution in [3.63, 3.8) is 0 Å². The highest BCUT2D eigenvalue weighted by Crippen LogP contribution is 2.39. The van der Waals surface area contributed by atoms with E-state index in [1.165, 1.54) is 44.9 Å². The number of hydrogen-bond acceptors (Lipinski definition) is 0. The van der Waals surface area contributed by atoms with Crippen LogP contribution < -0.4 is 0 Å². The van der Waals surface area contributed by atoms with Gasteiger partial charge in [-0.25, -0.2) is 0 Å². The third-order valence-electron chi connectivity index (χ3n) is 3.54. The summed E-state index contributed by atoms with van der Waals surface area (Å²) in [5.74, 6) is 0. The van der Waals surface area contributed by atoms with Crippen molar-refractivity contribution in [1.82, 2.24) is 0 Å². The standard InChI is InChI=1S/C14H20/c1-13-7-11-14(12-8-13)9-5-3-2-4-6-10-14/h7-8,11-12H,1-6,9-10H2. The fraction of sp³-hybridized carbons (Fsp3) is 0.571. The van der Waals surface area contributed by atoms with Gasteiger partial charge >= 0.3 is 0 Å². The van der Waals surface area contributed by atoms with Gasteiger partial charge in [-0.15, -0.1) is 0 Å². The fourth-order valence-electron chi connectivity index (χ4n) is 2.55. The first-order valence-corrected chi connectivity index (χ1v) is 5.88. The van der Waals surface area contributed by atoms with E-state index in [-0.39, 0.29) is 0 Å². The van der Waals surface area contributed by atoms with Crippen molar-refractivity contribution in [2.24, 2.45) is 5.41 Å². The lowest BCUT2D eigenvalue weighted by atomic mass is 9.74. The summed E-state index contributed by atoms with van der Waals surface area (Å²) in [6, 6.07) is 0. The Hall–Kier alpha value is -0.780. The molecule has 0 aromatic rings. The largest absolute Gasteiger partial charge is 0.0918 e. The van der Waals surface area contributed by atoms with E-state index >= 15 is 0 Å². The quantitative estimate of drug-likeness (QED) is 0.528. The van der Waals surface area contributed by atoms with E-state index in [0.29, 0.717) is 5.41 Å². The predicted octanol–water partition coefficient (Wildman–Crippen LogP) is 4.40. The summed E-state index contributed by atoms with van der Waals surface area (Å²) in [6.07, 6.45) is 18.9. The second kappa shape index (κ2) is 4.16. The molecule has 0 unspecified atom stereocenters. The molecule has 0 radical (unpaired) electrons. The molecular weight excluding hydrogens is 168 g/mol. The first-order chi connectivity index (χ1) is 6.81. The van der Waals surface area contributed by atoms with E-state index in [0.717, 1.165) is 5.57 Å². The normalized spacial score (nSPS) is 26.1. The Morgan fingerprint density at radius 3 is 1.93 bits per heavy atom. The summed E-state index contributed by atoms with van der Waals surface area (Å²) < 4.78 is 0. The molecule has 0 nitrogen and oxygen atoms in total. The number of allylic oxidation sites excluding steroid dienone is 5. The lowest BCUT2D eigenvalue weighted by molar-refractivity contribution is 0.346. The minimum absolute atomic E-state index is 0.390. The molecule has 1 fully saturated rings. The molecule has 76 valence electrons. The van der Waals surface area contributed by atoms with Crippen molar-refractivity contribution in [3.05, 3.63) is 36.5 Å². The zero-order valence-corrected chi connectivity index (χ0v) is 8.97. The van der Waals surface area contributed by atoms with Gasteiger partial charge in [-0.3, -0.25) is 0 Å². The molecule has 1 spiro atoms. The summed E-state index contributed by atoms with van der Waals surface area (Å²) in [6.45, 7) is 3.96. The average molecular weight is 188 g/mol. The Morgan fingerprint density at radius 2 is 1.36 bits per heavy atom. The smallest absolute Gasteiger partial charge is 0.00676 e. The summed E-state index contributed by atoms with van der Waals surface area (Å²) in [7, 11) is 0. The topological polar surface area (TPSA) is 0 Å². The van der Waals surface area contributed by atoms with Gasteiger partial charge in [-0.05, 0) is 18.4 Å². The highest BCUT2D eigenvalue weighted by Gasteiger charge is 2.25. The Balaban J connectivity index is 2.08. The molecule has 0 amide bonds. The molecule has 0 aliphatic heterocycles. The maximum atomic E-state index is 3.96.